The molecule has 3 amide bonds. The number of carbonyl (C=O) groups excluding carboxylic acids is 3. The van der Waals surface area contributed by atoms with Crippen LogP contribution in [0.5, 0.6) is 11.5 Å². The number of fused-ring (bicyclic) bond motifs is 1. The Labute approximate surface area is 259 Å². The number of carbonyl (C=O) groups is 3. The Morgan fingerprint density at radius 2 is 1.56 bits per heavy atom. The van der Waals surface area contributed by atoms with Gasteiger partial charge in [-0.25, -0.2) is 0 Å². The molecule has 0 aliphatic carbocycles. The number of aromatic nitrogens is 1. The van der Waals surface area contributed by atoms with Crippen LogP contribution in [0.25, 0.3) is 11.1 Å². The van der Waals surface area contributed by atoms with E-state index in [2.05, 4.69) is 15.6 Å². The molecule has 1 heterocycles. The van der Waals surface area contributed by atoms with Crippen LogP contribution in [0.15, 0.2) is 95.4 Å². The minimum Gasteiger partial charge on any atom is -0.497 e. The first kappa shape index (κ1) is 30.6. The molecule has 5 rings (SSSR count). The highest BCUT2D eigenvalue weighted by Crippen LogP contribution is 2.25. The number of para-hydroxylation sites is 1. The number of rotatable bonds is 13. The molecule has 0 atom stereocenters. The van der Waals surface area contributed by atoms with Crippen LogP contribution in [0.2, 0.25) is 0 Å². The topological polar surface area (TPSA) is 149 Å². The molecule has 0 fully saturated rings. The standard InChI is InChI=1S/C34H33N5O6/c1-43-27-16-23(17-28(20-27)44-2)14-15-39(21-31(40)36-26-11-9-24(10-12-26)33(35)42)32(41)19-22-8-13-29-30(18-22)45-34(38-29)37-25-6-4-3-5-7-25/h3-13,16-18,20H,14-15,19,21H2,1-2H3,(H2,35,42)(H,36,40)(H,37,38). The Hall–Kier alpha value is -5.84. The fourth-order valence-corrected chi connectivity index (χ4v) is 4.72. The van der Waals surface area contributed by atoms with Gasteiger partial charge in [0, 0.05) is 29.5 Å². The van der Waals surface area contributed by atoms with Gasteiger partial charge in [-0.05, 0) is 78.2 Å². The van der Waals surface area contributed by atoms with Crippen LogP contribution in [0.4, 0.5) is 17.4 Å². The monoisotopic (exact) mass is 607 g/mol. The van der Waals surface area contributed by atoms with Gasteiger partial charge in [-0.2, -0.15) is 4.98 Å². The number of hydrogen-bond donors (Lipinski definition) is 3. The Balaban J connectivity index is 1.31. The maximum absolute atomic E-state index is 13.7. The van der Waals surface area contributed by atoms with Crippen molar-refractivity contribution in [3.8, 4) is 11.5 Å². The third-order valence-electron chi connectivity index (χ3n) is 7.06. The number of benzene rings is 4. The largest absolute Gasteiger partial charge is 0.497 e. The molecule has 0 bridgehead atoms. The molecular formula is C34H33N5O6. The zero-order valence-electron chi connectivity index (χ0n) is 24.9. The van der Waals surface area contributed by atoms with Crippen molar-refractivity contribution in [1.82, 2.24) is 9.88 Å². The molecule has 0 aliphatic heterocycles. The lowest BCUT2D eigenvalue weighted by Gasteiger charge is -2.23. The van der Waals surface area contributed by atoms with Crippen LogP contribution in [-0.4, -0.2) is 54.9 Å². The van der Waals surface area contributed by atoms with Crippen LogP contribution in [0, 0.1) is 0 Å². The molecule has 0 spiro atoms. The molecular weight excluding hydrogens is 574 g/mol. The first-order valence-corrected chi connectivity index (χ1v) is 14.2. The fourth-order valence-electron chi connectivity index (χ4n) is 4.72. The minimum absolute atomic E-state index is 0.0418. The highest BCUT2D eigenvalue weighted by atomic mass is 16.5. The van der Waals surface area contributed by atoms with Crippen LogP contribution >= 0.6 is 0 Å². The lowest BCUT2D eigenvalue weighted by atomic mass is 10.1. The van der Waals surface area contributed by atoms with Crippen molar-refractivity contribution >= 4 is 46.2 Å². The maximum atomic E-state index is 13.7. The smallest absolute Gasteiger partial charge is 0.300 e. The number of anilines is 3. The SMILES string of the molecule is COc1cc(CCN(CC(=O)Nc2ccc(C(N)=O)cc2)C(=O)Cc2ccc3nc(Nc4ccccc4)oc3c2)cc(OC)c1. The molecule has 1 aromatic heterocycles. The lowest BCUT2D eigenvalue weighted by Crippen LogP contribution is -2.40. The van der Waals surface area contributed by atoms with Gasteiger partial charge in [0.1, 0.15) is 17.0 Å². The Morgan fingerprint density at radius 1 is 0.844 bits per heavy atom. The number of nitrogens with one attached hydrogen (secondary N) is 2. The number of oxazole rings is 1. The molecule has 45 heavy (non-hydrogen) atoms. The Morgan fingerprint density at radius 3 is 2.22 bits per heavy atom. The molecule has 11 nitrogen and oxygen atoms in total. The second kappa shape index (κ2) is 14.1. The van der Waals surface area contributed by atoms with Crippen LogP contribution in [-0.2, 0) is 22.4 Å². The number of nitrogens with two attached hydrogens (primary N) is 1. The van der Waals surface area contributed by atoms with E-state index in [-0.39, 0.29) is 31.3 Å². The summed E-state index contributed by atoms with van der Waals surface area (Å²) in [6, 6.07) is 27.0. The van der Waals surface area contributed by atoms with E-state index in [0.717, 1.165) is 11.3 Å². The Kier molecular flexibility index (Phi) is 9.58. The zero-order chi connectivity index (χ0) is 31.8. The Bertz CT molecular complexity index is 1780. The van der Waals surface area contributed by atoms with Gasteiger partial charge in [-0.1, -0.05) is 24.3 Å². The van der Waals surface area contributed by atoms with Gasteiger partial charge < -0.3 is 35.2 Å². The minimum atomic E-state index is -0.564. The molecule has 4 N–H and O–H groups in total. The van der Waals surface area contributed by atoms with Gasteiger partial charge in [0.2, 0.25) is 17.7 Å². The quantitative estimate of drug-likeness (QED) is 0.170. The average molecular weight is 608 g/mol. The van der Waals surface area contributed by atoms with Crippen molar-refractivity contribution in [3.05, 3.63) is 108 Å². The molecule has 0 saturated heterocycles. The van der Waals surface area contributed by atoms with E-state index in [4.69, 9.17) is 19.6 Å². The summed E-state index contributed by atoms with van der Waals surface area (Å²) in [7, 11) is 3.14. The van der Waals surface area contributed by atoms with Gasteiger partial charge in [-0.15, -0.1) is 0 Å². The van der Waals surface area contributed by atoms with E-state index in [1.165, 1.54) is 17.0 Å². The number of hydrogen-bond acceptors (Lipinski definition) is 8. The molecule has 0 aliphatic rings. The normalized spacial score (nSPS) is 10.7. The summed E-state index contributed by atoms with van der Waals surface area (Å²) in [5.41, 5.74) is 9.73. The van der Waals surface area contributed by atoms with Crippen LogP contribution in [0.3, 0.4) is 0 Å². The third-order valence-corrected chi connectivity index (χ3v) is 7.06. The summed E-state index contributed by atoms with van der Waals surface area (Å²) in [6.45, 7) is 0.0755. The summed E-state index contributed by atoms with van der Waals surface area (Å²) >= 11 is 0. The van der Waals surface area contributed by atoms with E-state index in [1.54, 1.807) is 44.6 Å². The van der Waals surface area contributed by atoms with Crippen molar-refractivity contribution in [2.24, 2.45) is 5.73 Å². The summed E-state index contributed by atoms with van der Waals surface area (Å²) in [5, 5.41) is 5.92. The number of amides is 3. The summed E-state index contributed by atoms with van der Waals surface area (Å²) in [6.07, 6.45) is 0.496. The van der Waals surface area contributed by atoms with Crippen molar-refractivity contribution in [1.29, 1.82) is 0 Å². The molecule has 230 valence electrons. The van der Waals surface area contributed by atoms with Crippen LogP contribution < -0.4 is 25.8 Å². The fraction of sp³-hybridized carbons (Fsp3) is 0.176. The van der Waals surface area contributed by atoms with Gasteiger partial charge in [0.25, 0.3) is 6.01 Å². The predicted molar refractivity (Wildman–Crippen MR) is 171 cm³/mol. The van der Waals surface area contributed by atoms with Gasteiger partial charge >= 0.3 is 0 Å². The molecule has 0 radical (unpaired) electrons. The highest BCUT2D eigenvalue weighted by molar-refractivity contribution is 5.96. The van der Waals surface area contributed by atoms with E-state index in [9.17, 15) is 14.4 Å². The zero-order valence-corrected chi connectivity index (χ0v) is 24.9. The van der Waals surface area contributed by atoms with Crippen molar-refractivity contribution < 1.29 is 28.3 Å². The second-order valence-electron chi connectivity index (χ2n) is 10.3. The van der Waals surface area contributed by atoms with E-state index in [1.807, 2.05) is 48.5 Å². The first-order valence-electron chi connectivity index (χ1n) is 14.2. The molecule has 4 aromatic carbocycles. The maximum Gasteiger partial charge on any atom is 0.300 e. The van der Waals surface area contributed by atoms with E-state index in [0.29, 0.717) is 51.8 Å². The number of methoxy groups -OCH3 is 2. The molecule has 11 heteroatoms. The average Bonchev–Trinajstić information content (AvgIpc) is 3.44. The first-order chi connectivity index (χ1) is 21.8. The highest BCUT2D eigenvalue weighted by Gasteiger charge is 2.19. The third kappa shape index (κ3) is 8.17. The molecule has 0 unspecified atom stereocenters. The van der Waals surface area contributed by atoms with Crippen molar-refractivity contribution in [2.75, 3.05) is 37.9 Å². The summed E-state index contributed by atoms with van der Waals surface area (Å²) in [4.78, 5) is 44.1. The molecule has 0 saturated carbocycles. The number of ether oxygens (including phenoxy) is 2. The van der Waals surface area contributed by atoms with Gasteiger partial charge in [0.05, 0.1) is 27.2 Å². The van der Waals surface area contributed by atoms with Crippen molar-refractivity contribution in [2.45, 2.75) is 12.8 Å². The van der Waals surface area contributed by atoms with E-state index >= 15 is 0 Å². The predicted octanol–water partition coefficient (Wildman–Crippen LogP) is 4.94. The van der Waals surface area contributed by atoms with Crippen LogP contribution in [0.1, 0.15) is 21.5 Å². The summed E-state index contributed by atoms with van der Waals surface area (Å²) in [5.74, 6) is 0.0547. The van der Waals surface area contributed by atoms with Gasteiger partial charge in [-0.3, -0.25) is 14.4 Å². The molecule has 5 aromatic rings. The number of primary amides is 1. The second-order valence-corrected chi connectivity index (χ2v) is 10.3. The summed E-state index contributed by atoms with van der Waals surface area (Å²) < 4.78 is 16.7. The van der Waals surface area contributed by atoms with E-state index < -0.39 is 5.91 Å². The van der Waals surface area contributed by atoms with Crippen molar-refractivity contribution in [3.63, 3.8) is 0 Å². The van der Waals surface area contributed by atoms with Gasteiger partial charge in [0.15, 0.2) is 5.58 Å². The number of nitrogens with zero attached hydrogens (tertiary/aromatic N) is 2. The lowest BCUT2D eigenvalue weighted by molar-refractivity contribution is -0.134.